The van der Waals surface area contributed by atoms with Crippen LogP contribution < -0.4 is 11.1 Å². The molecule has 4 nitrogen and oxygen atoms in total. The molecule has 16 heavy (non-hydrogen) atoms. The molecule has 2 aromatic heterocycles. The van der Waals surface area contributed by atoms with Crippen LogP contribution in [0.5, 0.6) is 0 Å². The first-order valence-electron chi connectivity index (χ1n) is 5.20. The summed E-state index contributed by atoms with van der Waals surface area (Å²) in [6.45, 7) is 2.70. The lowest BCUT2D eigenvalue weighted by atomic mass is 10.2. The molecule has 0 spiro atoms. The summed E-state index contributed by atoms with van der Waals surface area (Å²) >= 11 is 1.69. The largest absolute Gasteiger partial charge is 0.368 e. The van der Waals surface area contributed by atoms with Crippen molar-refractivity contribution in [3.63, 3.8) is 0 Å². The summed E-state index contributed by atoms with van der Waals surface area (Å²) in [5, 5.41) is 9.62. The number of hydrogen-bond acceptors (Lipinski definition) is 4. The Balaban J connectivity index is 1.95. The van der Waals surface area contributed by atoms with Crippen molar-refractivity contribution in [2.24, 2.45) is 12.8 Å². The zero-order valence-corrected chi connectivity index (χ0v) is 10.3. The minimum atomic E-state index is 0.0372. The second-order valence-corrected chi connectivity index (χ2v) is 4.78. The molecule has 0 aliphatic carbocycles. The molecule has 0 radical (unpaired) electrons. The molecule has 2 heterocycles. The van der Waals surface area contributed by atoms with Crippen LogP contribution in [0.15, 0.2) is 23.6 Å². The van der Waals surface area contributed by atoms with Crippen LogP contribution in [-0.2, 0) is 7.05 Å². The van der Waals surface area contributed by atoms with E-state index in [4.69, 9.17) is 5.73 Å². The molecular weight excluding hydrogens is 220 g/mol. The molecule has 0 aliphatic rings. The van der Waals surface area contributed by atoms with Crippen molar-refractivity contribution in [3.8, 4) is 0 Å². The average Bonchev–Trinajstić information content (AvgIpc) is 2.84. The quantitative estimate of drug-likeness (QED) is 0.852. The maximum Gasteiger partial charge on any atom is 0.124 e. The molecule has 1 atom stereocenters. The van der Waals surface area contributed by atoms with Crippen molar-refractivity contribution < 1.29 is 0 Å². The third-order valence-electron chi connectivity index (χ3n) is 2.41. The lowest BCUT2D eigenvalue weighted by Gasteiger charge is -2.11. The lowest BCUT2D eigenvalue weighted by Crippen LogP contribution is -2.20. The van der Waals surface area contributed by atoms with Crippen LogP contribution in [-0.4, -0.2) is 16.3 Å². The van der Waals surface area contributed by atoms with Crippen molar-refractivity contribution in [3.05, 3.63) is 34.2 Å². The highest BCUT2D eigenvalue weighted by Crippen LogP contribution is 2.17. The van der Waals surface area contributed by atoms with Crippen molar-refractivity contribution in [2.45, 2.75) is 13.0 Å². The molecule has 0 amide bonds. The van der Waals surface area contributed by atoms with Gasteiger partial charge >= 0.3 is 0 Å². The molecule has 3 N–H and O–H groups in total. The van der Waals surface area contributed by atoms with E-state index in [1.807, 2.05) is 36.2 Å². The Bertz CT molecular complexity index is 447. The van der Waals surface area contributed by atoms with Crippen LogP contribution in [0.1, 0.15) is 16.6 Å². The first-order chi connectivity index (χ1) is 7.66. The number of nitrogens with two attached hydrogens (primary N) is 1. The van der Waals surface area contributed by atoms with E-state index < -0.39 is 0 Å². The summed E-state index contributed by atoms with van der Waals surface area (Å²) in [7, 11) is 1.92. The standard InChI is InChI=1S/C11H16N4S/c1-8-6-11(15(2)14-8)13-7-9(12)10-4-3-5-16-10/h3-6,9,13H,7,12H2,1-2H3. The van der Waals surface area contributed by atoms with E-state index in [0.29, 0.717) is 0 Å². The summed E-state index contributed by atoms with van der Waals surface area (Å²) in [4.78, 5) is 1.20. The molecule has 5 heteroatoms. The number of nitrogens with one attached hydrogen (secondary N) is 1. The van der Waals surface area contributed by atoms with Gasteiger partial charge in [-0.15, -0.1) is 11.3 Å². The SMILES string of the molecule is Cc1cc(NCC(N)c2cccs2)n(C)n1. The number of aromatic nitrogens is 2. The summed E-state index contributed by atoms with van der Waals surface area (Å²) in [5.74, 6) is 1.00. The normalized spacial score (nSPS) is 12.7. The number of rotatable bonds is 4. The number of anilines is 1. The van der Waals surface area contributed by atoms with Crippen LogP contribution >= 0.6 is 11.3 Å². The van der Waals surface area contributed by atoms with Crippen LogP contribution in [0.4, 0.5) is 5.82 Å². The van der Waals surface area contributed by atoms with Gasteiger partial charge in [-0.1, -0.05) is 6.07 Å². The summed E-state index contributed by atoms with van der Waals surface area (Å²) < 4.78 is 1.83. The van der Waals surface area contributed by atoms with Gasteiger partial charge in [-0.05, 0) is 18.4 Å². The minimum Gasteiger partial charge on any atom is -0.368 e. The Morgan fingerprint density at radius 1 is 1.62 bits per heavy atom. The first kappa shape index (κ1) is 11.2. The Labute approximate surface area is 99.1 Å². The Hall–Kier alpha value is -1.33. The van der Waals surface area contributed by atoms with E-state index in [9.17, 15) is 0 Å². The fourth-order valence-corrected chi connectivity index (χ4v) is 2.32. The molecule has 0 aromatic carbocycles. The smallest absolute Gasteiger partial charge is 0.124 e. The maximum atomic E-state index is 6.06. The van der Waals surface area contributed by atoms with E-state index in [1.54, 1.807) is 11.3 Å². The van der Waals surface area contributed by atoms with Gasteiger partial charge in [0.15, 0.2) is 0 Å². The Kier molecular flexibility index (Phi) is 3.26. The summed E-state index contributed by atoms with van der Waals surface area (Å²) in [6, 6.07) is 6.14. The van der Waals surface area contributed by atoms with Gasteiger partial charge in [-0.2, -0.15) is 5.10 Å². The zero-order chi connectivity index (χ0) is 11.5. The fourth-order valence-electron chi connectivity index (χ4n) is 1.59. The predicted molar refractivity (Wildman–Crippen MR) is 67.7 cm³/mol. The molecule has 2 rings (SSSR count). The van der Waals surface area contributed by atoms with Gasteiger partial charge in [0.05, 0.1) is 11.7 Å². The third kappa shape index (κ3) is 2.43. The van der Waals surface area contributed by atoms with E-state index >= 15 is 0 Å². The van der Waals surface area contributed by atoms with Crippen LogP contribution in [0.25, 0.3) is 0 Å². The Morgan fingerprint density at radius 3 is 3.00 bits per heavy atom. The lowest BCUT2D eigenvalue weighted by molar-refractivity contribution is 0.733. The number of aryl methyl sites for hydroxylation is 2. The van der Waals surface area contributed by atoms with E-state index in [2.05, 4.69) is 16.5 Å². The number of hydrogen-bond donors (Lipinski definition) is 2. The second-order valence-electron chi connectivity index (χ2n) is 3.80. The number of thiophene rings is 1. The van der Waals surface area contributed by atoms with Crippen molar-refractivity contribution in [1.29, 1.82) is 0 Å². The second kappa shape index (κ2) is 4.67. The first-order valence-corrected chi connectivity index (χ1v) is 6.08. The molecule has 0 fully saturated rings. The van der Waals surface area contributed by atoms with E-state index in [1.165, 1.54) is 4.88 Å². The van der Waals surface area contributed by atoms with Crippen LogP contribution in [0.3, 0.4) is 0 Å². The van der Waals surface area contributed by atoms with Gasteiger partial charge in [0.2, 0.25) is 0 Å². The molecule has 0 saturated heterocycles. The van der Waals surface area contributed by atoms with E-state index in [0.717, 1.165) is 18.1 Å². The highest BCUT2D eigenvalue weighted by Gasteiger charge is 2.08. The molecular formula is C11H16N4S. The zero-order valence-electron chi connectivity index (χ0n) is 9.47. The van der Waals surface area contributed by atoms with Crippen LogP contribution in [0.2, 0.25) is 0 Å². The molecule has 2 aromatic rings. The topological polar surface area (TPSA) is 55.9 Å². The van der Waals surface area contributed by atoms with Gasteiger partial charge in [0, 0.05) is 24.5 Å². The molecule has 0 aliphatic heterocycles. The summed E-state index contributed by atoms with van der Waals surface area (Å²) in [5.41, 5.74) is 7.07. The van der Waals surface area contributed by atoms with Gasteiger partial charge in [-0.3, -0.25) is 4.68 Å². The predicted octanol–water partition coefficient (Wildman–Crippen LogP) is 1.90. The summed E-state index contributed by atoms with van der Waals surface area (Å²) in [6.07, 6.45) is 0. The Morgan fingerprint density at radius 2 is 2.44 bits per heavy atom. The van der Waals surface area contributed by atoms with Gasteiger partial charge in [0.25, 0.3) is 0 Å². The number of nitrogens with zero attached hydrogens (tertiary/aromatic N) is 2. The average molecular weight is 236 g/mol. The van der Waals surface area contributed by atoms with Gasteiger partial charge in [0.1, 0.15) is 5.82 Å². The molecule has 1 unspecified atom stereocenters. The fraction of sp³-hybridized carbons (Fsp3) is 0.364. The van der Waals surface area contributed by atoms with Crippen molar-refractivity contribution >= 4 is 17.2 Å². The maximum absolute atomic E-state index is 6.06. The molecule has 0 saturated carbocycles. The van der Waals surface area contributed by atoms with Gasteiger partial charge in [-0.25, -0.2) is 0 Å². The highest BCUT2D eigenvalue weighted by atomic mass is 32.1. The van der Waals surface area contributed by atoms with Gasteiger partial charge < -0.3 is 11.1 Å². The van der Waals surface area contributed by atoms with Crippen molar-refractivity contribution in [2.75, 3.05) is 11.9 Å². The molecule has 86 valence electrons. The minimum absolute atomic E-state index is 0.0372. The molecule has 0 bridgehead atoms. The monoisotopic (exact) mass is 236 g/mol. The highest BCUT2D eigenvalue weighted by molar-refractivity contribution is 7.10. The van der Waals surface area contributed by atoms with E-state index in [-0.39, 0.29) is 6.04 Å². The van der Waals surface area contributed by atoms with Crippen LogP contribution in [0, 0.1) is 6.92 Å². The third-order valence-corrected chi connectivity index (χ3v) is 3.42. The van der Waals surface area contributed by atoms with Crippen molar-refractivity contribution in [1.82, 2.24) is 9.78 Å².